The lowest BCUT2D eigenvalue weighted by atomic mass is 10.3. The van der Waals surface area contributed by atoms with E-state index < -0.39 is 10.0 Å². The highest BCUT2D eigenvalue weighted by Crippen LogP contribution is 2.14. The van der Waals surface area contributed by atoms with Gasteiger partial charge < -0.3 is 11.1 Å². The molecule has 0 unspecified atom stereocenters. The SMILES string of the molecule is CC(=O)Nc1cccc(S(=O)(=O)NCCN)c1. The Morgan fingerprint density at radius 3 is 2.71 bits per heavy atom. The molecule has 0 radical (unpaired) electrons. The van der Waals surface area contributed by atoms with Gasteiger partial charge >= 0.3 is 0 Å². The summed E-state index contributed by atoms with van der Waals surface area (Å²) in [5.74, 6) is -0.255. The summed E-state index contributed by atoms with van der Waals surface area (Å²) < 4.78 is 25.8. The van der Waals surface area contributed by atoms with Crippen LogP contribution >= 0.6 is 0 Å². The first-order valence-electron chi connectivity index (χ1n) is 5.03. The number of amides is 1. The average molecular weight is 257 g/mol. The second-order valence-corrected chi connectivity index (χ2v) is 5.16. The fraction of sp³-hybridized carbons (Fsp3) is 0.300. The van der Waals surface area contributed by atoms with Crippen LogP contribution in [-0.2, 0) is 14.8 Å². The van der Waals surface area contributed by atoms with E-state index in [1.807, 2.05) is 0 Å². The van der Waals surface area contributed by atoms with Gasteiger partial charge in [0.25, 0.3) is 0 Å². The minimum atomic E-state index is -3.56. The molecule has 7 heteroatoms. The van der Waals surface area contributed by atoms with Crippen molar-refractivity contribution in [1.29, 1.82) is 0 Å². The molecule has 0 saturated heterocycles. The van der Waals surface area contributed by atoms with Crippen molar-refractivity contribution in [2.45, 2.75) is 11.8 Å². The molecule has 0 aliphatic carbocycles. The number of nitrogens with one attached hydrogen (secondary N) is 2. The van der Waals surface area contributed by atoms with Crippen LogP contribution in [0.25, 0.3) is 0 Å². The summed E-state index contributed by atoms with van der Waals surface area (Å²) in [7, 11) is -3.56. The highest BCUT2D eigenvalue weighted by atomic mass is 32.2. The van der Waals surface area contributed by atoms with Gasteiger partial charge in [0.2, 0.25) is 15.9 Å². The van der Waals surface area contributed by atoms with E-state index in [1.165, 1.54) is 19.1 Å². The van der Waals surface area contributed by atoms with Crippen LogP contribution in [0.15, 0.2) is 29.2 Å². The first-order valence-corrected chi connectivity index (χ1v) is 6.51. The Hall–Kier alpha value is -1.44. The molecule has 0 fully saturated rings. The number of rotatable bonds is 5. The molecule has 1 rings (SSSR count). The van der Waals surface area contributed by atoms with E-state index in [0.29, 0.717) is 5.69 Å². The minimum absolute atomic E-state index is 0.0946. The van der Waals surface area contributed by atoms with Crippen LogP contribution in [-0.4, -0.2) is 27.4 Å². The fourth-order valence-electron chi connectivity index (χ4n) is 1.22. The van der Waals surface area contributed by atoms with Gasteiger partial charge in [-0.05, 0) is 18.2 Å². The summed E-state index contributed by atoms with van der Waals surface area (Å²) in [6.07, 6.45) is 0. The molecule has 4 N–H and O–H groups in total. The fourth-order valence-corrected chi connectivity index (χ4v) is 2.31. The number of nitrogens with two attached hydrogens (primary N) is 1. The Morgan fingerprint density at radius 2 is 2.12 bits per heavy atom. The minimum Gasteiger partial charge on any atom is -0.329 e. The molecule has 94 valence electrons. The normalized spacial score (nSPS) is 11.2. The number of anilines is 1. The number of hydrogen-bond donors (Lipinski definition) is 3. The lowest BCUT2D eigenvalue weighted by molar-refractivity contribution is -0.114. The second kappa shape index (κ2) is 5.76. The van der Waals surface area contributed by atoms with Gasteiger partial charge in [-0.2, -0.15) is 0 Å². The molecule has 0 aliphatic rings. The highest BCUT2D eigenvalue weighted by Gasteiger charge is 2.13. The molecule has 0 saturated carbocycles. The van der Waals surface area contributed by atoms with E-state index in [0.717, 1.165) is 0 Å². The third-order valence-electron chi connectivity index (χ3n) is 1.90. The molecule has 1 aromatic rings. The summed E-state index contributed by atoms with van der Waals surface area (Å²) in [5.41, 5.74) is 5.66. The predicted molar refractivity (Wildman–Crippen MR) is 65.0 cm³/mol. The smallest absolute Gasteiger partial charge is 0.240 e. The molecule has 0 aliphatic heterocycles. The molecule has 0 heterocycles. The molecule has 0 spiro atoms. The molecule has 1 amide bonds. The Morgan fingerprint density at radius 1 is 1.41 bits per heavy atom. The Bertz CT molecular complexity index is 499. The monoisotopic (exact) mass is 257 g/mol. The van der Waals surface area contributed by atoms with E-state index in [2.05, 4.69) is 10.0 Å². The van der Waals surface area contributed by atoms with Crippen LogP contribution in [0.5, 0.6) is 0 Å². The molecule has 0 aromatic heterocycles. The molecule has 17 heavy (non-hydrogen) atoms. The van der Waals surface area contributed by atoms with Crippen molar-refractivity contribution in [3.8, 4) is 0 Å². The summed E-state index contributed by atoms with van der Waals surface area (Å²) >= 11 is 0. The quantitative estimate of drug-likeness (QED) is 0.684. The van der Waals surface area contributed by atoms with Crippen molar-refractivity contribution >= 4 is 21.6 Å². The summed E-state index contributed by atoms with van der Waals surface area (Å²) in [6, 6.07) is 6.01. The van der Waals surface area contributed by atoms with Crippen LogP contribution in [0.2, 0.25) is 0 Å². The third-order valence-corrected chi connectivity index (χ3v) is 3.36. The number of carbonyl (C=O) groups excluding carboxylic acids is 1. The van der Waals surface area contributed by atoms with Crippen LogP contribution in [0.1, 0.15) is 6.92 Å². The number of carbonyl (C=O) groups is 1. The molecule has 0 bridgehead atoms. The van der Waals surface area contributed by atoms with Crippen molar-refractivity contribution in [2.75, 3.05) is 18.4 Å². The number of hydrogen-bond acceptors (Lipinski definition) is 4. The number of benzene rings is 1. The van der Waals surface area contributed by atoms with Gasteiger partial charge in [-0.15, -0.1) is 0 Å². The van der Waals surface area contributed by atoms with Crippen LogP contribution < -0.4 is 15.8 Å². The zero-order valence-electron chi connectivity index (χ0n) is 9.43. The van der Waals surface area contributed by atoms with Gasteiger partial charge in [0.05, 0.1) is 4.90 Å². The van der Waals surface area contributed by atoms with E-state index in [1.54, 1.807) is 12.1 Å². The summed E-state index contributed by atoms with van der Waals surface area (Å²) in [6.45, 7) is 1.76. The van der Waals surface area contributed by atoms with Gasteiger partial charge in [-0.25, -0.2) is 13.1 Å². The zero-order valence-corrected chi connectivity index (χ0v) is 10.3. The Labute approximate surface area is 100 Å². The molecule has 0 atom stereocenters. The molecular weight excluding hydrogens is 242 g/mol. The van der Waals surface area contributed by atoms with Gasteiger partial charge in [0.15, 0.2) is 0 Å². The maximum absolute atomic E-state index is 11.7. The van der Waals surface area contributed by atoms with E-state index in [-0.39, 0.29) is 23.9 Å². The van der Waals surface area contributed by atoms with Gasteiger partial charge in [-0.1, -0.05) is 6.07 Å². The van der Waals surface area contributed by atoms with E-state index in [4.69, 9.17) is 5.73 Å². The van der Waals surface area contributed by atoms with Crippen LogP contribution in [0.3, 0.4) is 0 Å². The molecule has 6 nitrogen and oxygen atoms in total. The van der Waals surface area contributed by atoms with Crippen LogP contribution in [0.4, 0.5) is 5.69 Å². The molecular formula is C10H15N3O3S. The summed E-state index contributed by atoms with van der Waals surface area (Å²) in [4.78, 5) is 10.9. The number of sulfonamides is 1. The second-order valence-electron chi connectivity index (χ2n) is 3.40. The van der Waals surface area contributed by atoms with Crippen molar-refractivity contribution < 1.29 is 13.2 Å². The largest absolute Gasteiger partial charge is 0.329 e. The van der Waals surface area contributed by atoms with Crippen molar-refractivity contribution in [3.63, 3.8) is 0 Å². The van der Waals surface area contributed by atoms with Crippen molar-refractivity contribution in [2.24, 2.45) is 5.73 Å². The van der Waals surface area contributed by atoms with Crippen LogP contribution in [0, 0.1) is 0 Å². The molecule has 1 aromatic carbocycles. The van der Waals surface area contributed by atoms with E-state index >= 15 is 0 Å². The third kappa shape index (κ3) is 4.14. The summed E-state index contributed by atoms with van der Waals surface area (Å²) in [5, 5.41) is 2.52. The standard InChI is InChI=1S/C10H15N3O3S/c1-8(14)13-9-3-2-4-10(7-9)17(15,16)12-6-5-11/h2-4,7,12H,5-6,11H2,1H3,(H,13,14). The Kier molecular flexibility index (Phi) is 4.62. The zero-order chi connectivity index (χ0) is 12.9. The average Bonchev–Trinajstić information content (AvgIpc) is 2.26. The van der Waals surface area contributed by atoms with Crippen molar-refractivity contribution in [3.05, 3.63) is 24.3 Å². The lowest BCUT2D eigenvalue weighted by Gasteiger charge is -2.07. The van der Waals surface area contributed by atoms with Gasteiger partial charge in [-0.3, -0.25) is 4.79 Å². The van der Waals surface area contributed by atoms with Crippen molar-refractivity contribution in [1.82, 2.24) is 4.72 Å². The predicted octanol–water partition coefficient (Wildman–Crippen LogP) is -0.118. The topological polar surface area (TPSA) is 101 Å². The Balaban J connectivity index is 2.94. The maximum atomic E-state index is 11.7. The first kappa shape index (κ1) is 13.6. The first-order chi connectivity index (χ1) is 7.95. The maximum Gasteiger partial charge on any atom is 0.240 e. The van der Waals surface area contributed by atoms with E-state index in [9.17, 15) is 13.2 Å². The highest BCUT2D eigenvalue weighted by molar-refractivity contribution is 7.89. The van der Waals surface area contributed by atoms with Gasteiger partial charge in [0.1, 0.15) is 0 Å². The van der Waals surface area contributed by atoms with Gasteiger partial charge in [0, 0.05) is 25.7 Å². The lowest BCUT2D eigenvalue weighted by Crippen LogP contribution is -2.29.